The lowest BCUT2D eigenvalue weighted by molar-refractivity contribution is -0.258. The van der Waals surface area contributed by atoms with Gasteiger partial charge < -0.3 is 10.2 Å². The number of rotatable bonds is 7. The number of aryl methyl sites for hydroxylation is 1. The van der Waals surface area contributed by atoms with E-state index in [0.717, 1.165) is 41.3 Å². The van der Waals surface area contributed by atoms with Gasteiger partial charge in [0.05, 0.1) is 0 Å². The van der Waals surface area contributed by atoms with Gasteiger partial charge in [0.2, 0.25) is 0 Å². The number of carbonyl (C=O) groups is 1. The number of hydrogen-bond acceptors (Lipinski definition) is 5. The monoisotopic (exact) mass is 513 g/mol. The first kappa shape index (κ1) is 26.8. The summed E-state index contributed by atoms with van der Waals surface area (Å²) in [5.74, 6) is -0.859. The summed E-state index contributed by atoms with van der Waals surface area (Å²) in [6.07, 6.45) is -1.32. The standard InChI is InChI=1S/C28H30F3N3O3/c1-19-15-21(3-8-24(19)22-4-6-23(7-5-22)27(2,37)28(29,30)31)17-34-14-13-33(18-25(34)26(35)36)16-20-9-11-32-12-10-20/h3-12,15,25,37H,13-14,16-18H2,1-2H3,(H,35,36)/t25-,27?/m0/s1. The van der Waals surface area contributed by atoms with E-state index in [2.05, 4.69) is 9.88 Å². The molecule has 0 aliphatic carbocycles. The number of pyridine rings is 1. The Labute approximate surface area is 214 Å². The van der Waals surface area contributed by atoms with Crippen LogP contribution in [0.5, 0.6) is 0 Å². The number of aliphatic carboxylic acids is 1. The molecule has 0 bridgehead atoms. The van der Waals surface area contributed by atoms with E-state index in [0.29, 0.717) is 26.2 Å². The van der Waals surface area contributed by atoms with E-state index in [9.17, 15) is 28.2 Å². The molecule has 1 aliphatic heterocycles. The van der Waals surface area contributed by atoms with Crippen LogP contribution in [0.1, 0.15) is 29.2 Å². The van der Waals surface area contributed by atoms with Crippen molar-refractivity contribution in [3.05, 3.63) is 89.2 Å². The molecular formula is C28H30F3N3O3. The highest BCUT2D eigenvalue weighted by Crippen LogP contribution is 2.39. The minimum absolute atomic E-state index is 0.221. The number of piperazine rings is 1. The lowest BCUT2D eigenvalue weighted by atomic mass is 9.92. The Hall–Kier alpha value is -3.27. The summed E-state index contributed by atoms with van der Waals surface area (Å²) >= 11 is 0. The normalized spacial score (nSPS) is 18.9. The van der Waals surface area contributed by atoms with E-state index in [4.69, 9.17) is 0 Å². The summed E-state index contributed by atoms with van der Waals surface area (Å²) in [6.45, 7) is 5.59. The van der Waals surface area contributed by atoms with Crippen molar-refractivity contribution in [1.82, 2.24) is 14.8 Å². The van der Waals surface area contributed by atoms with Crippen LogP contribution in [0.4, 0.5) is 13.2 Å². The number of halogens is 3. The molecule has 2 atom stereocenters. The zero-order valence-corrected chi connectivity index (χ0v) is 20.7. The second kappa shape index (κ2) is 10.6. The van der Waals surface area contributed by atoms with Crippen LogP contribution in [0.2, 0.25) is 0 Å². The Bertz CT molecular complexity index is 1230. The molecule has 9 heteroatoms. The first-order valence-electron chi connectivity index (χ1n) is 12.0. The molecule has 6 nitrogen and oxygen atoms in total. The number of hydrogen-bond donors (Lipinski definition) is 2. The number of nitrogens with zero attached hydrogens (tertiary/aromatic N) is 3. The van der Waals surface area contributed by atoms with Crippen LogP contribution in [-0.2, 0) is 23.5 Å². The molecule has 2 aromatic carbocycles. The van der Waals surface area contributed by atoms with Crippen LogP contribution in [-0.4, -0.2) is 62.8 Å². The second-order valence-electron chi connectivity index (χ2n) is 9.71. The maximum atomic E-state index is 13.1. The fraction of sp³-hybridized carbons (Fsp3) is 0.357. The maximum Gasteiger partial charge on any atom is 0.421 e. The number of aromatic nitrogens is 1. The summed E-state index contributed by atoms with van der Waals surface area (Å²) in [7, 11) is 0. The van der Waals surface area contributed by atoms with Crippen molar-refractivity contribution in [3.8, 4) is 11.1 Å². The quantitative estimate of drug-likeness (QED) is 0.481. The van der Waals surface area contributed by atoms with Gasteiger partial charge in [-0.25, -0.2) is 0 Å². The highest BCUT2D eigenvalue weighted by atomic mass is 19.4. The van der Waals surface area contributed by atoms with Crippen LogP contribution < -0.4 is 0 Å². The summed E-state index contributed by atoms with van der Waals surface area (Å²) in [6, 6.07) is 14.7. The van der Waals surface area contributed by atoms with Gasteiger partial charge in [-0.2, -0.15) is 13.2 Å². The van der Waals surface area contributed by atoms with Crippen molar-refractivity contribution >= 4 is 5.97 Å². The van der Waals surface area contributed by atoms with E-state index < -0.39 is 23.8 Å². The molecule has 0 amide bonds. The number of aliphatic hydroxyl groups is 1. The first-order chi connectivity index (χ1) is 17.5. The van der Waals surface area contributed by atoms with E-state index in [-0.39, 0.29) is 5.56 Å². The first-order valence-corrected chi connectivity index (χ1v) is 12.0. The number of alkyl halides is 3. The Kier molecular flexibility index (Phi) is 7.68. The molecule has 3 aromatic rings. The molecule has 1 unspecified atom stereocenters. The summed E-state index contributed by atoms with van der Waals surface area (Å²) in [5, 5.41) is 19.8. The van der Waals surface area contributed by atoms with Crippen molar-refractivity contribution in [2.24, 2.45) is 0 Å². The molecule has 37 heavy (non-hydrogen) atoms. The van der Waals surface area contributed by atoms with Gasteiger partial charge >= 0.3 is 12.1 Å². The third-order valence-corrected chi connectivity index (χ3v) is 7.00. The predicted molar refractivity (Wildman–Crippen MR) is 134 cm³/mol. The molecule has 1 saturated heterocycles. The van der Waals surface area contributed by atoms with Crippen LogP contribution in [0.15, 0.2) is 67.0 Å². The molecule has 1 aromatic heterocycles. The molecule has 0 radical (unpaired) electrons. The summed E-state index contributed by atoms with van der Waals surface area (Å²) < 4.78 is 39.4. The van der Waals surface area contributed by atoms with E-state index in [1.54, 1.807) is 24.5 Å². The van der Waals surface area contributed by atoms with Gasteiger partial charge in [0.25, 0.3) is 0 Å². The zero-order valence-electron chi connectivity index (χ0n) is 20.7. The Morgan fingerprint density at radius 2 is 1.68 bits per heavy atom. The summed E-state index contributed by atoms with van der Waals surface area (Å²) in [5.41, 5.74) is 1.43. The number of carboxylic acid groups (broad SMARTS) is 1. The molecule has 1 aliphatic rings. The fourth-order valence-corrected chi connectivity index (χ4v) is 4.71. The molecule has 4 rings (SSSR count). The van der Waals surface area contributed by atoms with E-state index in [1.165, 1.54) is 12.1 Å². The van der Waals surface area contributed by atoms with Gasteiger partial charge in [-0.1, -0.05) is 42.5 Å². The smallest absolute Gasteiger partial charge is 0.421 e. The highest BCUT2D eigenvalue weighted by molar-refractivity contribution is 5.74. The van der Waals surface area contributed by atoms with Crippen molar-refractivity contribution in [2.75, 3.05) is 19.6 Å². The van der Waals surface area contributed by atoms with Gasteiger partial charge in [0, 0.05) is 45.1 Å². The predicted octanol–water partition coefficient (Wildman–Crippen LogP) is 4.60. The lowest BCUT2D eigenvalue weighted by Crippen LogP contribution is -2.55. The van der Waals surface area contributed by atoms with Crippen LogP contribution in [0, 0.1) is 6.92 Å². The van der Waals surface area contributed by atoms with Gasteiger partial charge in [-0.15, -0.1) is 0 Å². The fourth-order valence-electron chi connectivity index (χ4n) is 4.71. The molecule has 2 N–H and O–H groups in total. The average molecular weight is 514 g/mol. The van der Waals surface area contributed by atoms with Crippen molar-refractivity contribution < 1.29 is 28.2 Å². The summed E-state index contributed by atoms with van der Waals surface area (Å²) in [4.78, 5) is 20.2. The molecule has 2 heterocycles. The van der Waals surface area contributed by atoms with Crippen LogP contribution in [0.3, 0.4) is 0 Å². The van der Waals surface area contributed by atoms with Crippen molar-refractivity contribution in [2.45, 2.75) is 44.8 Å². The topological polar surface area (TPSA) is 76.9 Å². The third kappa shape index (κ3) is 6.01. The van der Waals surface area contributed by atoms with Gasteiger partial charge in [0.15, 0.2) is 5.60 Å². The average Bonchev–Trinajstić information content (AvgIpc) is 2.85. The second-order valence-corrected chi connectivity index (χ2v) is 9.71. The lowest BCUT2D eigenvalue weighted by Gasteiger charge is -2.39. The Balaban J connectivity index is 1.45. The SMILES string of the molecule is Cc1cc(CN2CCN(Cc3ccncc3)C[C@H]2C(=O)O)ccc1-c1ccc(C(C)(O)C(F)(F)F)cc1. The Morgan fingerprint density at radius 3 is 2.27 bits per heavy atom. The largest absolute Gasteiger partial charge is 0.480 e. The van der Waals surface area contributed by atoms with Crippen molar-refractivity contribution in [3.63, 3.8) is 0 Å². The van der Waals surface area contributed by atoms with Crippen molar-refractivity contribution in [1.29, 1.82) is 0 Å². The molecule has 1 fully saturated rings. The van der Waals surface area contributed by atoms with Crippen LogP contribution >= 0.6 is 0 Å². The molecular weight excluding hydrogens is 483 g/mol. The van der Waals surface area contributed by atoms with E-state index >= 15 is 0 Å². The number of benzene rings is 2. The van der Waals surface area contributed by atoms with Gasteiger partial charge in [0.1, 0.15) is 6.04 Å². The third-order valence-electron chi connectivity index (χ3n) is 7.00. The van der Waals surface area contributed by atoms with E-state index in [1.807, 2.05) is 42.2 Å². The van der Waals surface area contributed by atoms with Gasteiger partial charge in [-0.3, -0.25) is 19.6 Å². The molecule has 0 saturated carbocycles. The minimum Gasteiger partial charge on any atom is -0.480 e. The number of carboxylic acids is 1. The van der Waals surface area contributed by atoms with Gasteiger partial charge in [-0.05, 0) is 59.4 Å². The zero-order chi connectivity index (χ0) is 26.8. The molecule has 0 spiro atoms. The highest BCUT2D eigenvalue weighted by Gasteiger charge is 2.51. The van der Waals surface area contributed by atoms with Crippen LogP contribution in [0.25, 0.3) is 11.1 Å². The Morgan fingerprint density at radius 1 is 1.00 bits per heavy atom. The maximum absolute atomic E-state index is 13.1. The minimum atomic E-state index is -4.77. The molecule has 196 valence electrons.